The Kier molecular flexibility index (Phi) is 4.86. The van der Waals surface area contributed by atoms with Gasteiger partial charge in [-0.25, -0.2) is 0 Å². The van der Waals surface area contributed by atoms with Crippen LogP contribution in [0.3, 0.4) is 0 Å². The van der Waals surface area contributed by atoms with Crippen molar-refractivity contribution in [3.63, 3.8) is 0 Å². The number of benzene rings is 2. The molecule has 100 valence electrons. The fourth-order valence-corrected chi connectivity index (χ4v) is 2.42. The molecule has 0 aliphatic rings. The van der Waals surface area contributed by atoms with E-state index in [4.69, 9.17) is 5.73 Å². The summed E-state index contributed by atoms with van der Waals surface area (Å²) in [7, 11) is 0. The first-order valence-corrected chi connectivity index (χ1v) is 7.39. The summed E-state index contributed by atoms with van der Waals surface area (Å²) < 4.78 is 0.975. The highest BCUT2D eigenvalue weighted by atomic mass is 79.9. The normalized spacial score (nSPS) is 10.4. The molecule has 2 aromatic rings. The summed E-state index contributed by atoms with van der Waals surface area (Å²) in [6, 6.07) is 14.4. The molecule has 0 aliphatic heterocycles. The summed E-state index contributed by atoms with van der Waals surface area (Å²) in [4.78, 5) is 0. The molecule has 0 bridgehead atoms. The fourth-order valence-electron chi connectivity index (χ4n) is 1.92. The Balaban J connectivity index is 2.06. The fraction of sp³-hybridized carbons (Fsp3) is 0.250. The van der Waals surface area contributed by atoms with E-state index in [2.05, 4.69) is 52.4 Å². The van der Waals surface area contributed by atoms with Gasteiger partial charge >= 0.3 is 0 Å². The van der Waals surface area contributed by atoms with Gasteiger partial charge in [0.2, 0.25) is 0 Å². The molecule has 0 spiro atoms. The van der Waals surface area contributed by atoms with Gasteiger partial charge in [0.05, 0.1) is 5.69 Å². The average molecular weight is 319 g/mol. The van der Waals surface area contributed by atoms with Gasteiger partial charge in [0.25, 0.3) is 0 Å². The molecular weight excluding hydrogens is 300 g/mol. The van der Waals surface area contributed by atoms with Crippen LogP contribution in [0.4, 0.5) is 17.1 Å². The maximum atomic E-state index is 5.73. The van der Waals surface area contributed by atoms with Crippen LogP contribution in [0.5, 0.6) is 0 Å². The minimum absolute atomic E-state index is 0.757. The number of hydrogen-bond acceptors (Lipinski definition) is 2. The zero-order valence-corrected chi connectivity index (χ0v) is 12.7. The molecule has 0 fully saturated rings. The quantitative estimate of drug-likeness (QED) is 0.751. The molecule has 19 heavy (non-hydrogen) atoms. The molecule has 0 saturated carbocycles. The van der Waals surface area contributed by atoms with Gasteiger partial charge in [-0.2, -0.15) is 0 Å². The smallest absolute Gasteiger partial charge is 0.0530 e. The molecule has 0 aliphatic carbocycles. The molecule has 0 heterocycles. The van der Waals surface area contributed by atoms with E-state index in [0.717, 1.165) is 28.0 Å². The van der Waals surface area contributed by atoms with Crippen LogP contribution in [0, 0.1) is 0 Å². The maximum Gasteiger partial charge on any atom is 0.0530 e. The standard InChI is InChI=1S/C16H19BrN2/c1-2-3-4-12-5-8-14(9-6-12)19-16-10-7-13(18)11-15(16)17/h5-11,19H,2-4,18H2,1H3. The van der Waals surface area contributed by atoms with E-state index in [0.29, 0.717) is 0 Å². The number of halogens is 1. The number of aryl methyl sites for hydroxylation is 1. The first-order valence-electron chi connectivity index (χ1n) is 6.60. The van der Waals surface area contributed by atoms with Gasteiger partial charge < -0.3 is 11.1 Å². The Bertz CT molecular complexity index is 535. The summed E-state index contributed by atoms with van der Waals surface area (Å²) in [6.07, 6.45) is 3.64. The van der Waals surface area contributed by atoms with Gasteiger partial charge in [0.1, 0.15) is 0 Å². The highest BCUT2D eigenvalue weighted by molar-refractivity contribution is 9.10. The lowest BCUT2D eigenvalue weighted by Crippen LogP contribution is -1.93. The van der Waals surface area contributed by atoms with Crippen molar-refractivity contribution in [1.29, 1.82) is 0 Å². The molecule has 2 rings (SSSR count). The van der Waals surface area contributed by atoms with Crippen LogP contribution in [0.1, 0.15) is 25.3 Å². The molecular formula is C16H19BrN2. The number of nitrogens with two attached hydrogens (primary N) is 1. The van der Waals surface area contributed by atoms with Crippen LogP contribution in [-0.2, 0) is 6.42 Å². The second-order valence-corrected chi connectivity index (χ2v) is 5.52. The van der Waals surface area contributed by atoms with Crippen LogP contribution in [0.25, 0.3) is 0 Å². The van der Waals surface area contributed by atoms with E-state index < -0.39 is 0 Å². The largest absolute Gasteiger partial charge is 0.399 e. The Morgan fingerprint density at radius 3 is 2.47 bits per heavy atom. The zero-order chi connectivity index (χ0) is 13.7. The van der Waals surface area contributed by atoms with Crippen molar-refractivity contribution in [1.82, 2.24) is 0 Å². The predicted octanol–water partition coefficient (Wildman–Crippen LogP) is 5.12. The summed E-state index contributed by atoms with van der Waals surface area (Å²) in [5.74, 6) is 0. The lowest BCUT2D eigenvalue weighted by molar-refractivity contribution is 0.795. The van der Waals surface area contributed by atoms with Crippen molar-refractivity contribution in [3.05, 3.63) is 52.5 Å². The molecule has 2 aromatic carbocycles. The van der Waals surface area contributed by atoms with Gasteiger partial charge in [-0.3, -0.25) is 0 Å². The Morgan fingerprint density at radius 1 is 1.11 bits per heavy atom. The molecule has 2 nitrogen and oxygen atoms in total. The van der Waals surface area contributed by atoms with Crippen molar-refractivity contribution in [2.75, 3.05) is 11.1 Å². The molecule has 0 radical (unpaired) electrons. The van der Waals surface area contributed by atoms with Gasteiger partial charge in [-0.1, -0.05) is 25.5 Å². The Hall–Kier alpha value is -1.48. The van der Waals surface area contributed by atoms with Gasteiger partial charge in [-0.15, -0.1) is 0 Å². The zero-order valence-electron chi connectivity index (χ0n) is 11.1. The second kappa shape index (κ2) is 6.62. The average Bonchev–Trinajstić information content (AvgIpc) is 2.41. The highest BCUT2D eigenvalue weighted by Gasteiger charge is 2.01. The Morgan fingerprint density at radius 2 is 1.84 bits per heavy atom. The minimum atomic E-state index is 0.757. The number of nitrogens with one attached hydrogen (secondary N) is 1. The monoisotopic (exact) mass is 318 g/mol. The van der Waals surface area contributed by atoms with E-state index >= 15 is 0 Å². The number of rotatable bonds is 5. The van der Waals surface area contributed by atoms with E-state index in [1.165, 1.54) is 18.4 Å². The van der Waals surface area contributed by atoms with Crippen molar-refractivity contribution in [2.45, 2.75) is 26.2 Å². The van der Waals surface area contributed by atoms with Gasteiger partial charge in [0, 0.05) is 15.8 Å². The number of anilines is 3. The van der Waals surface area contributed by atoms with E-state index in [1.807, 2.05) is 18.2 Å². The summed E-state index contributed by atoms with van der Waals surface area (Å²) in [5.41, 5.74) is 9.99. The van der Waals surface area contributed by atoms with Crippen molar-refractivity contribution < 1.29 is 0 Å². The number of hydrogen-bond donors (Lipinski definition) is 2. The molecule has 0 amide bonds. The molecule has 0 atom stereocenters. The molecule has 0 aromatic heterocycles. The van der Waals surface area contributed by atoms with Crippen LogP contribution >= 0.6 is 15.9 Å². The molecule has 3 N–H and O–H groups in total. The number of unbranched alkanes of at least 4 members (excludes halogenated alkanes) is 1. The lowest BCUT2D eigenvalue weighted by Gasteiger charge is -2.10. The summed E-state index contributed by atoms with van der Waals surface area (Å²) >= 11 is 3.51. The van der Waals surface area contributed by atoms with Gasteiger partial charge in [-0.05, 0) is 64.7 Å². The van der Waals surface area contributed by atoms with Crippen molar-refractivity contribution in [2.24, 2.45) is 0 Å². The van der Waals surface area contributed by atoms with E-state index in [-0.39, 0.29) is 0 Å². The SMILES string of the molecule is CCCCc1ccc(Nc2ccc(N)cc2Br)cc1. The summed E-state index contributed by atoms with van der Waals surface area (Å²) in [6.45, 7) is 2.22. The third-order valence-electron chi connectivity index (χ3n) is 3.05. The van der Waals surface area contributed by atoms with Crippen molar-refractivity contribution in [3.8, 4) is 0 Å². The molecule has 0 saturated heterocycles. The van der Waals surface area contributed by atoms with Crippen molar-refractivity contribution >= 4 is 33.0 Å². The van der Waals surface area contributed by atoms with Crippen LogP contribution in [0.15, 0.2) is 46.9 Å². The number of nitrogen functional groups attached to an aromatic ring is 1. The maximum absolute atomic E-state index is 5.73. The Labute approximate surface area is 123 Å². The van der Waals surface area contributed by atoms with E-state index in [9.17, 15) is 0 Å². The summed E-state index contributed by atoms with van der Waals surface area (Å²) in [5, 5.41) is 3.38. The third kappa shape index (κ3) is 4.00. The predicted molar refractivity (Wildman–Crippen MR) is 86.9 cm³/mol. The first-order chi connectivity index (χ1) is 9.19. The third-order valence-corrected chi connectivity index (χ3v) is 3.70. The lowest BCUT2D eigenvalue weighted by atomic mass is 10.1. The minimum Gasteiger partial charge on any atom is -0.399 e. The van der Waals surface area contributed by atoms with Crippen LogP contribution < -0.4 is 11.1 Å². The van der Waals surface area contributed by atoms with Gasteiger partial charge in [0.15, 0.2) is 0 Å². The van der Waals surface area contributed by atoms with E-state index in [1.54, 1.807) is 0 Å². The second-order valence-electron chi connectivity index (χ2n) is 4.66. The first kappa shape index (κ1) is 13.9. The topological polar surface area (TPSA) is 38.0 Å². The molecule has 3 heteroatoms. The van der Waals surface area contributed by atoms with Crippen LogP contribution in [0.2, 0.25) is 0 Å². The highest BCUT2D eigenvalue weighted by Crippen LogP contribution is 2.27. The van der Waals surface area contributed by atoms with Crippen LogP contribution in [-0.4, -0.2) is 0 Å². The molecule has 0 unspecified atom stereocenters.